The molecule has 2 rings (SSSR count). The Bertz CT molecular complexity index is 552. The standard InChI is InChI=1S/C19H31N3O2/c1-15-6-7-16(2)18(14-15)24-17(3)19(23)22-12-10-21(11-13-22)9-8-20(4)5/h6-7,14,17H,8-13H2,1-5H3. The molecule has 0 radical (unpaired) electrons. The summed E-state index contributed by atoms with van der Waals surface area (Å²) in [5.74, 6) is 0.892. The Morgan fingerprint density at radius 2 is 1.88 bits per heavy atom. The van der Waals surface area contributed by atoms with Crippen LogP contribution in [-0.4, -0.2) is 80.1 Å². The summed E-state index contributed by atoms with van der Waals surface area (Å²) < 4.78 is 5.94. The maximum Gasteiger partial charge on any atom is 0.263 e. The van der Waals surface area contributed by atoms with Gasteiger partial charge in [-0.2, -0.15) is 0 Å². The largest absolute Gasteiger partial charge is 0.481 e. The maximum atomic E-state index is 12.6. The first-order valence-corrected chi connectivity index (χ1v) is 8.76. The zero-order valence-electron chi connectivity index (χ0n) is 15.7. The summed E-state index contributed by atoms with van der Waals surface area (Å²) in [7, 11) is 4.18. The molecule has 5 heteroatoms. The number of ether oxygens (including phenoxy) is 1. The predicted octanol–water partition coefficient (Wildman–Crippen LogP) is 1.78. The maximum absolute atomic E-state index is 12.6. The lowest BCUT2D eigenvalue weighted by atomic mass is 10.1. The van der Waals surface area contributed by atoms with Crippen LogP contribution >= 0.6 is 0 Å². The fourth-order valence-electron chi connectivity index (χ4n) is 2.87. The number of likely N-dealkylation sites (N-methyl/N-ethyl adjacent to an activating group) is 1. The highest BCUT2D eigenvalue weighted by Gasteiger charge is 2.26. The normalized spacial score (nSPS) is 17.2. The van der Waals surface area contributed by atoms with Crippen LogP contribution in [0.2, 0.25) is 0 Å². The SMILES string of the molecule is Cc1ccc(C)c(OC(C)C(=O)N2CCN(CCN(C)C)CC2)c1. The van der Waals surface area contributed by atoms with Gasteiger partial charge < -0.3 is 14.5 Å². The first kappa shape index (κ1) is 18.7. The van der Waals surface area contributed by atoms with Gasteiger partial charge in [0.05, 0.1) is 0 Å². The summed E-state index contributed by atoms with van der Waals surface area (Å²) in [6, 6.07) is 6.09. The summed E-state index contributed by atoms with van der Waals surface area (Å²) in [4.78, 5) is 19.2. The van der Waals surface area contributed by atoms with E-state index in [0.29, 0.717) is 0 Å². The Morgan fingerprint density at radius 3 is 2.50 bits per heavy atom. The molecule has 24 heavy (non-hydrogen) atoms. The molecule has 5 nitrogen and oxygen atoms in total. The van der Waals surface area contributed by atoms with Crippen LogP contribution in [0.5, 0.6) is 5.75 Å². The van der Waals surface area contributed by atoms with Crippen LogP contribution in [0.1, 0.15) is 18.1 Å². The van der Waals surface area contributed by atoms with Gasteiger partial charge in [0.1, 0.15) is 5.75 Å². The minimum atomic E-state index is -0.446. The van der Waals surface area contributed by atoms with Crippen molar-refractivity contribution in [3.05, 3.63) is 29.3 Å². The molecule has 0 bridgehead atoms. The van der Waals surface area contributed by atoms with Gasteiger partial charge in [-0.05, 0) is 52.1 Å². The van der Waals surface area contributed by atoms with Gasteiger partial charge >= 0.3 is 0 Å². The Morgan fingerprint density at radius 1 is 1.21 bits per heavy atom. The van der Waals surface area contributed by atoms with E-state index < -0.39 is 6.10 Å². The molecule has 1 aromatic rings. The number of benzene rings is 1. The number of hydrogen-bond acceptors (Lipinski definition) is 4. The van der Waals surface area contributed by atoms with Crippen LogP contribution in [0.3, 0.4) is 0 Å². The van der Waals surface area contributed by atoms with Crippen molar-refractivity contribution in [1.29, 1.82) is 0 Å². The molecule has 1 fully saturated rings. The summed E-state index contributed by atoms with van der Waals surface area (Å²) in [5.41, 5.74) is 2.21. The summed E-state index contributed by atoms with van der Waals surface area (Å²) in [6.07, 6.45) is -0.446. The fraction of sp³-hybridized carbons (Fsp3) is 0.632. The topological polar surface area (TPSA) is 36.0 Å². The van der Waals surface area contributed by atoms with Crippen molar-refractivity contribution in [1.82, 2.24) is 14.7 Å². The van der Waals surface area contributed by atoms with Crippen molar-refractivity contribution in [3.63, 3.8) is 0 Å². The van der Waals surface area contributed by atoms with E-state index >= 15 is 0 Å². The molecule has 1 heterocycles. The molecular weight excluding hydrogens is 302 g/mol. The van der Waals surface area contributed by atoms with E-state index in [-0.39, 0.29) is 5.91 Å². The monoisotopic (exact) mass is 333 g/mol. The average Bonchev–Trinajstić information content (AvgIpc) is 2.56. The van der Waals surface area contributed by atoms with E-state index in [1.807, 2.05) is 37.8 Å². The molecule has 0 N–H and O–H groups in total. The average molecular weight is 333 g/mol. The first-order valence-electron chi connectivity index (χ1n) is 8.76. The molecule has 0 aromatic heterocycles. The van der Waals surface area contributed by atoms with E-state index in [4.69, 9.17) is 4.74 Å². The Kier molecular flexibility index (Phi) is 6.63. The summed E-state index contributed by atoms with van der Waals surface area (Å²) >= 11 is 0. The smallest absolute Gasteiger partial charge is 0.263 e. The number of piperazine rings is 1. The van der Waals surface area contributed by atoms with Crippen LogP contribution < -0.4 is 4.74 Å². The van der Waals surface area contributed by atoms with E-state index in [0.717, 1.165) is 56.1 Å². The van der Waals surface area contributed by atoms with Gasteiger partial charge in [-0.15, -0.1) is 0 Å². The van der Waals surface area contributed by atoms with Crippen LogP contribution in [0.15, 0.2) is 18.2 Å². The van der Waals surface area contributed by atoms with Gasteiger partial charge in [-0.3, -0.25) is 9.69 Å². The molecule has 1 aliphatic rings. The lowest BCUT2D eigenvalue weighted by Crippen LogP contribution is -2.52. The van der Waals surface area contributed by atoms with Crippen LogP contribution in [0.4, 0.5) is 0 Å². The zero-order valence-corrected chi connectivity index (χ0v) is 15.7. The van der Waals surface area contributed by atoms with Gasteiger partial charge in [0.25, 0.3) is 5.91 Å². The molecule has 0 saturated carbocycles. The molecule has 1 saturated heterocycles. The number of carbonyl (C=O) groups is 1. The lowest BCUT2D eigenvalue weighted by molar-refractivity contribution is -0.139. The number of nitrogens with zero attached hydrogens (tertiary/aromatic N) is 3. The van der Waals surface area contributed by atoms with Crippen LogP contribution in [0.25, 0.3) is 0 Å². The molecule has 1 aliphatic heterocycles. The molecule has 1 aromatic carbocycles. The number of carbonyl (C=O) groups excluding carboxylic acids is 1. The zero-order chi connectivity index (χ0) is 17.7. The minimum Gasteiger partial charge on any atom is -0.481 e. The van der Waals surface area contributed by atoms with E-state index in [1.165, 1.54) is 0 Å². The minimum absolute atomic E-state index is 0.0863. The third kappa shape index (κ3) is 5.21. The van der Waals surface area contributed by atoms with Gasteiger partial charge in [-0.25, -0.2) is 0 Å². The summed E-state index contributed by atoms with van der Waals surface area (Å²) in [6.45, 7) is 11.5. The van der Waals surface area contributed by atoms with Gasteiger partial charge in [0.15, 0.2) is 6.10 Å². The molecule has 0 aliphatic carbocycles. The van der Waals surface area contributed by atoms with Crippen molar-refractivity contribution < 1.29 is 9.53 Å². The molecule has 1 amide bonds. The Hall–Kier alpha value is -1.59. The highest BCUT2D eigenvalue weighted by molar-refractivity contribution is 5.81. The molecule has 1 unspecified atom stereocenters. The van der Waals surface area contributed by atoms with E-state index in [9.17, 15) is 4.79 Å². The van der Waals surface area contributed by atoms with E-state index in [1.54, 1.807) is 0 Å². The van der Waals surface area contributed by atoms with Gasteiger partial charge in [-0.1, -0.05) is 12.1 Å². The molecule has 1 atom stereocenters. The Balaban J connectivity index is 1.85. The second-order valence-corrected chi connectivity index (χ2v) is 7.00. The summed E-state index contributed by atoms with van der Waals surface area (Å²) in [5, 5.41) is 0. The van der Waals surface area contributed by atoms with Crippen molar-refractivity contribution >= 4 is 5.91 Å². The second kappa shape index (κ2) is 8.49. The predicted molar refractivity (Wildman–Crippen MR) is 97.6 cm³/mol. The first-order chi connectivity index (χ1) is 11.4. The van der Waals surface area contributed by atoms with Gasteiger partial charge in [0, 0.05) is 39.3 Å². The molecular formula is C19H31N3O2. The highest BCUT2D eigenvalue weighted by atomic mass is 16.5. The van der Waals surface area contributed by atoms with Crippen molar-refractivity contribution in [2.24, 2.45) is 0 Å². The fourth-order valence-corrected chi connectivity index (χ4v) is 2.87. The quantitative estimate of drug-likeness (QED) is 0.795. The van der Waals surface area contributed by atoms with Crippen LogP contribution in [0, 0.1) is 13.8 Å². The van der Waals surface area contributed by atoms with Crippen LogP contribution in [-0.2, 0) is 4.79 Å². The highest BCUT2D eigenvalue weighted by Crippen LogP contribution is 2.21. The van der Waals surface area contributed by atoms with Crippen molar-refractivity contribution in [3.8, 4) is 5.75 Å². The number of hydrogen-bond donors (Lipinski definition) is 0. The third-order valence-electron chi connectivity index (χ3n) is 4.54. The third-order valence-corrected chi connectivity index (χ3v) is 4.54. The van der Waals surface area contributed by atoms with Crippen molar-refractivity contribution in [2.75, 3.05) is 53.4 Å². The number of aryl methyl sites for hydroxylation is 2. The number of rotatable bonds is 6. The molecule has 134 valence electrons. The lowest BCUT2D eigenvalue weighted by Gasteiger charge is -2.36. The number of amides is 1. The molecule has 0 spiro atoms. The van der Waals surface area contributed by atoms with Crippen molar-refractivity contribution in [2.45, 2.75) is 26.9 Å². The van der Waals surface area contributed by atoms with E-state index in [2.05, 4.69) is 30.0 Å². The van der Waals surface area contributed by atoms with Gasteiger partial charge in [0.2, 0.25) is 0 Å². The Labute approximate surface area is 146 Å². The second-order valence-electron chi connectivity index (χ2n) is 7.00.